The first-order valence-corrected chi connectivity index (χ1v) is 13.6. The van der Waals surface area contributed by atoms with E-state index in [2.05, 4.69) is 69.5 Å². The monoisotopic (exact) mass is 496 g/mol. The van der Waals surface area contributed by atoms with Crippen molar-refractivity contribution in [2.75, 3.05) is 13.1 Å². The van der Waals surface area contributed by atoms with E-state index in [4.69, 9.17) is 4.52 Å². The Morgan fingerprint density at radius 2 is 1.73 bits per heavy atom. The van der Waals surface area contributed by atoms with E-state index in [0.717, 1.165) is 16.3 Å². The lowest BCUT2D eigenvalue weighted by molar-refractivity contribution is -0.134. The predicted molar refractivity (Wildman–Crippen MR) is 141 cm³/mol. The van der Waals surface area contributed by atoms with Crippen LogP contribution in [0.5, 0.6) is 0 Å². The van der Waals surface area contributed by atoms with Crippen LogP contribution in [-0.2, 0) is 9.59 Å². The number of hydrogen-bond donors (Lipinski definition) is 1. The van der Waals surface area contributed by atoms with Crippen LogP contribution in [0.15, 0.2) is 53.2 Å². The minimum absolute atomic E-state index is 0.218. The zero-order chi connectivity index (χ0) is 25.1. The molecule has 7 nitrogen and oxygen atoms in total. The fourth-order valence-electron chi connectivity index (χ4n) is 6.73. The third-order valence-electron chi connectivity index (χ3n) is 9.01. The molecular formula is C30H32N4O3. The van der Waals surface area contributed by atoms with Crippen molar-refractivity contribution in [2.24, 2.45) is 0 Å². The van der Waals surface area contributed by atoms with Crippen LogP contribution in [0.2, 0.25) is 0 Å². The summed E-state index contributed by atoms with van der Waals surface area (Å²) in [7, 11) is 0. The molecule has 1 saturated carbocycles. The van der Waals surface area contributed by atoms with Gasteiger partial charge in [-0.05, 0) is 81.8 Å². The lowest BCUT2D eigenvalue weighted by atomic mass is 9.82. The summed E-state index contributed by atoms with van der Waals surface area (Å²) in [6, 6.07) is 16.4. The Morgan fingerprint density at radius 1 is 0.946 bits per heavy atom. The molecule has 2 amide bonds. The number of carbonyl (C=O) groups excluding carboxylic acids is 2. The van der Waals surface area contributed by atoms with Crippen LogP contribution in [0.4, 0.5) is 0 Å². The molecule has 3 aliphatic rings. The van der Waals surface area contributed by atoms with Gasteiger partial charge in [0.1, 0.15) is 5.69 Å². The second-order valence-electron chi connectivity index (χ2n) is 11.2. The quantitative estimate of drug-likeness (QED) is 0.393. The van der Waals surface area contributed by atoms with Gasteiger partial charge >= 0.3 is 0 Å². The average molecular weight is 497 g/mol. The molecule has 2 aromatic carbocycles. The van der Waals surface area contributed by atoms with Crippen LogP contribution in [0.3, 0.4) is 0 Å². The van der Waals surface area contributed by atoms with Crippen molar-refractivity contribution < 1.29 is 14.1 Å². The fourth-order valence-corrected chi connectivity index (χ4v) is 6.73. The average Bonchev–Trinajstić information content (AvgIpc) is 3.49. The Hall–Kier alpha value is -3.45. The van der Waals surface area contributed by atoms with Crippen LogP contribution >= 0.6 is 0 Å². The van der Waals surface area contributed by atoms with E-state index in [0.29, 0.717) is 42.1 Å². The van der Waals surface area contributed by atoms with Gasteiger partial charge in [-0.25, -0.2) is 0 Å². The maximum Gasteiger partial charge on any atom is 0.235 e. The van der Waals surface area contributed by atoms with E-state index in [-0.39, 0.29) is 11.8 Å². The highest BCUT2D eigenvalue weighted by atomic mass is 16.5. The number of benzene rings is 2. The molecule has 7 rings (SSSR count). The number of nitrogens with zero attached hydrogens (tertiary/aromatic N) is 3. The van der Waals surface area contributed by atoms with Gasteiger partial charge in [-0.1, -0.05) is 35.0 Å². The number of hydrogen-bond acceptors (Lipinski definition) is 5. The lowest BCUT2D eigenvalue weighted by Gasteiger charge is -2.46. The summed E-state index contributed by atoms with van der Waals surface area (Å²) in [6.45, 7) is 4.51. The van der Waals surface area contributed by atoms with Crippen molar-refractivity contribution in [1.82, 2.24) is 19.9 Å². The summed E-state index contributed by atoms with van der Waals surface area (Å²) < 4.78 is 8.00. The summed E-state index contributed by atoms with van der Waals surface area (Å²) in [5.74, 6) is -0.269. The van der Waals surface area contributed by atoms with Gasteiger partial charge in [0.2, 0.25) is 11.8 Å². The number of aromatic nitrogens is 2. The summed E-state index contributed by atoms with van der Waals surface area (Å²) in [5, 5.41) is 8.70. The summed E-state index contributed by atoms with van der Waals surface area (Å²) >= 11 is 0. The first-order valence-electron chi connectivity index (χ1n) is 13.6. The number of aryl methyl sites for hydroxylation is 1. The van der Waals surface area contributed by atoms with Gasteiger partial charge in [-0.15, -0.1) is 0 Å². The highest BCUT2D eigenvalue weighted by Crippen LogP contribution is 2.42. The van der Waals surface area contributed by atoms with Gasteiger partial charge in [0.15, 0.2) is 5.58 Å². The predicted octanol–water partition coefficient (Wildman–Crippen LogP) is 5.19. The first-order chi connectivity index (χ1) is 18.0. The molecule has 7 heteroatoms. The van der Waals surface area contributed by atoms with Crippen LogP contribution < -0.4 is 5.32 Å². The maximum atomic E-state index is 12.5. The minimum atomic E-state index is -0.455. The number of piperidine rings is 2. The second-order valence-corrected chi connectivity index (χ2v) is 11.2. The number of amides is 2. The molecule has 4 aromatic rings. The largest absolute Gasteiger partial charge is 0.356 e. The number of nitrogens with one attached hydrogen (secondary N) is 1. The summed E-state index contributed by atoms with van der Waals surface area (Å²) in [4.78, 5) is 26.9. The van der Waals surface area contributed by atoms with E-state index in [1.807, 2.05) is 6.07 Å². The van der Waals surface area contributed by atoms with Crippen molar-refractivity contribution in [1.29, 1.82) is 0 Å². The third-order valence-corrected chi connectivity index (χ3v) is 9.01. The zero-order valence-electron chi connectivity index (χ0n) is 21.2. The standard InChI is InChI=1S/C30H32N4O3/c1-18-2-4-19(5-3-18)20-10-13-33(14-11-20)21-16-22(17-21)34-15-12-23-25(34)7-8-26-28(23)29(32-37-26)24-6-9-27(35)31-30(24)36/h2-5,7-8,12,15,20-22,24H,6,9-11,13-14,16-17H2,1H3,(H,31,35,36). The summed E-state index contributed by atoms with van der Waals surface area (Å²) in [6.07, 6.45) is 7.79. The maximum absolute atomic E-state index is 12.5. The number of likely N-dealkylation sites (tertiary alicyclic amines) is 1. The van der Waals surface area contributed by atoms with Gasteiger partial charge in [-0.3, -0.25) is 14.9 Å². The lowest BCUT2D eigenvalue weighted by Crippen LogP contribution is -2.48. The molecule has 0 radical (unpaired) electrons. The molecule has 1 aliphatic carbocycles. The molecule has 2 saturated heterocycles. The molecule has 1 unspecified atom stereocenters. The molecule has 4 heterocycles. The van der Waals surface area contributed by atoms with Gasteiger partial charge in [0, 0.05) is 35.6 Å². The Labute approximate surface area is 215 Å². The van der Waals surface area contributed by atoms with Gasteiger partial charge < -0.3 is 14.0 Å². The van der Waals surface area contributed by atoms with Gasteiger partial charge in [0.05, 0.1) is 11.3 Å². The molecule has 37 heavy (non-hydrogen) atoms. The van der Waals surface area contributed by atoms with Gasteiger partial charge in [0.25, 0.3) is 0 Å². The van der Waals surface area contributed by atoms with E-state index in [9.17, 15) is 9.59 Å². The van der Waals surface area contributed by atoms with E-state index in [1.165, 1.54) is 49.9 Å². The van der Waals surface area contributed by atoms with Crippen molar-refractivity contribution in [2.45, 2.75) is 69.4 Å². The number of fused-ring (bicyclic) bond motifs is 3. The van der Waals surface area contributed by atoms with Gasteiger partial charge in [-0.2, -0.15) is 0 Å². The second kappa shape index (κ2) is 8.84. The Morgan fingerprint density at radius 3 is 2.49 bits per heavy atom. The number of rotatable bonds is 4. The Kier molecular flexibility index (Phi) is 5.43. The highest BCUT2D eigenvalue weighted by molar-refractivity contribution is 6.09. The Bertz CT molecular complexity index is 1490. The molecule has 2 aliphatic heterocycles. The minimum Gasteiger partial charge on any atom is -0.356 e. The molecule has 1 atom stereocenters. The smallest absolute Gasteiger partial charge is 0.235 e. The molecule has 3 fully saturated rings. The molecular weight excluding hydrogens is 464 g/mol. The zero-order valence-corrected chi connectivity index (χ0v) is 21.2. The van der Waals surface area contributed by atoms with Crippen molar-refractivity contribution in [3.63, 3.8) is 0 Å². The van der Waals surface area contributed by atoms with Crippen LogP contribution in [-0.4, -0.2) is 45.6 Å². The molecule has 0 spiro atoms. The molecule has 190 valence electrons. The summed E-state index contributed by atoms with van der Waals surface area (Å²) in [5.41, 5.74) is 5.31. The number of carbonyl (C=O) groups is 2. The van der Waals surface area contributed by atoms with E-state index in [1.54, 1.807) is 0 Å². The normalized spacial score (nSPS) is 25.5. The topological polar surface area (TPSA) is 80.4 Å². The fraction of sp³-hybridized carbons (Fsp3) is 0.433. The van der Waals surface area contributed by atoms with E-state index >= 15 is 0 Å². The number of imide groups is 1. The first kappa shape index (κ1) is 22.7. The highest BCUT2D eigenvalue weighted by Gasteiger charge is 2.37. The Balaban J connectivity index is 1.06. The van der Waals surface area contributed by atoms with Crippen molar-refractivity contribution >= 4 is 33.7 Å². The van der Waals surface area contributed by atoms with Crippen LogP contribution in [0.25, 0.3) is 21.9 Å². The van der Waals surface area contributed by atoms with Crippen LogP contribution in [0.1, 0.15) is 73.2 Å². The van der Waals surface area contributed by atoms with Crippen molar-refractivity contribution in [3.05, 3.63) is 65.5 Å². The third kappa shape index (κ3) is 3.87. The SMILES string of the molecule is Cc1ccc(C2CCN(C3CC(n4ccc5c6c(C7CCC(=O)NC7=O)noc6ccc54)C3)CC2)cc1. The molecule has 0 bridgehead atoms. The van der Waals surface area contributed by atoms with Crippen LogP contribution in [0, 0.1) is 6.92 Å². The van der Waals surface area contributed by atoms with E-state index < -0.39 is 5.92 Å². The van der Waals surface area contributed by atoms with Crippen molar-refractivity contribution in [3.8, 4) is 0 Å². The molecule has 2 aromatic heterocycles. The molecule has 1 N–H and O–H groups in total.